The van der Waals surface area contributed by atoms with Crippen LogP contribution in [0.25, 0.3) is 0 Å². The maximum absolute atomic E-state index is 11.1. The normalized spacial score (nSPS) is 15.3. The zero-order valence-electron chi connectivity index (χ0n) is 7.58. The van der Waals surface area contributed by atoms with Crippen molar-refractivity contribution in [2.24, 2.45) is 5.10 Å². The van der Waals surface area contributed by atoms with Crippen molar-refractivity contribution >= 4 is 41.1 Å². The van der Waals surface area contributed by atoms with Gasteiger partial charge in [-0.15, -0.1) is 0 Å². The summed E-state index contributed by atoms with van der Waals surface area (Å²) in [5, 5.41) is 4.63. The Morgan fingerprint density at radius 2 is 2.13 bits per heavy atom. The van der Waals surface area contributed by atoms with Crippen LogP contribution in [0.4, 0.5) is 5.69 Å². The fraction of sp³-hybridized carbons (Fsp3) is 0.111. The zero-order chi connectivity index (χ0) is 10.8. The second-order valence-electron chi connectivity index (χ2n) is 3.01. The minimum Gasteiger partial charge on any atom is -0.321 e. The van der Waals surface area contributed by atoms with Gasteiger partial charge in [0.1, 0.15) is 12.9 Å². The smallest absolute Gasteiger partial charge is 0.260 e. The Hall–Kier alpha value is -1.26. The number of nitrogens with zero attached hydrogens (tertiary/aromatic N) is 2. The third-order valence-electron chi connectivity index (χ3n) is 1.94. The van der Waals surface area contributed by atoms with Crippen molar-refractivity contribution in [2.45, 2.75) is 0 Å². The zero-order valence-corrected chi connectivity index (χ0v) is 9.09. The van der Waals surface area contributed by atoms with E-state index in [0.717, 1.165) is 5.69 Å². The average Bonchev–Trinajstić information content (AvgIpc) is 2.22. The van der Waals surface area contributed by atoms with Crippen LogP contribution in [0.1, 0.15) is 0 Å². The number of halogens is 2. The molecule has 1 aliphatic rings. The van der Waals surface area contributed by atoms with Gasteiger partial charge in [0.2, 0.25) is 0 Å². The number of anilines is 1. The van der Waals surface area contributed by atoms with Crippen molar-refractivity contribution in [3.63, 3.8) is 0 Å². The molecule has 0 radical (unpaired) electrons. The van der Waals surface area contributed by atoms with Gasteiger partial charge in [0, 0.05) is 5.69 Å². The summed E-state index contributed by atoms with van der Waals surface area (Å²) in [6.07, 6.45) is 1.53. The van der Waals surface area contributed by atoms with Crippen molar-refractivity contribution in [1.82, 2.24) is 5.43 Å². The first-order chi connectivity index (χ1) is 7.16. The van der Waals surface area contributed by atoms with E-state index in [9.17, 15) is 4.79 Å². The Bertz CT molecular complexity index is 433. The van der Waals surface area contributed by atoms with Gasteiger partial charge >= 0.3 is 0 Å². The summed E-state index contributed by atoms with van der Waals surface area (Å²) in [6.45, 7) is 0.224. The van der Waals surface area contributed by atoms with E-state index >= 15 is 0 Å². The Morgan fingerprint density at radius 3 is 2.80 bits per heavy atom. The summed E-state index contributed by atoms with van der Waals surface area (Å²) in [5.74, 6) is -0.163. The number of hydrazone groups is 1. The molecule has 1 aliphatic heterocycles. The Kier molecular flexibility index (Phi) is 2.79. The number of benzene rings is 1. The minimum atomic E-state index is -0.163. The molecule has 1 N–H and O–H groups in total. The van der Waals surface area contributed by atoms with Crippen LogP contribution in [0.5, 0.6) is 0 Å². The third kappa shape index (κ3) is 2.22. The predicted octanol–water partition coefficient (Wildman–Crippen LogP) is 1.87. The molecule has 0 aliphatic carbocycles. The van der Waals surface area contributed by atoms with Crippen LogP contribution in [0, 0.1) is 0 Å². The van der Waals surface area contributed by atoms with Gasteiger partial charge in [-0.2, -0.15) is 5.10 Å². The van der Waals surface area contributed by atoms with Crippen LogP contribution in [0.3, 0.4) is 0 Å². The van der Waals surface area contributed by atoms with E-state index in [-0.39, 0.29) is 12.5 Å². The summed E-state index contributed by atoms with van der Waals surface area (Å²) >= 11 is 11.7. The lowest BCUT2D eigenvalue weighted by Crippen LogP contribution is -2.39. The molecule has 1 aromatic rings. The minimum absolute atomic E-state index is 0.163. The molecule has 15 heavy (non-hydrogen) atoms. The predicted molar refractivity (Wildman–Crippen MR) is 60.4 cm³/mol. The standard InChI is InChI=1S/C9H7Cl2N3O/c10-7-2-1-6(3-8(7)11)14-4-9(15)13-12-5-14/h1-3,5H,4H2,(H,13,15). The fourth-order valence-electron chi connectivity index (χ4n) is 1.22. The largest absolute Gasteiger partial charge is 0.321 e. The van der Waals surface area contributed by atoms with Crippen LogP contribution < -0.4 is 10.3 Å². The number of hydrogen-bond donors (Lipinski definition) is 1. The van der Waals surface area contributed by atoms with Crippen molar-refractivity contribution in [2.75, 3.05) is 11.4 Å². The first-order valence-corrected chi connectivity index (χ1v) is 4.96. The number of rotatable bonds is 1. The van der Waals surface area contributed by atoms with Crippen molar-refractivity contribution < 1.29 is 4.79 Å². The lowest BCUT2D eigenvalue weighted by Gasteiger charge is -2.21. The highest BCUT2D eigenvalue weighted by molar-refractivity contribution is 6.42. The highest BCUT2D eigenvalue weighted by atomic mass is 35.5. The van der Waals surface area contributed by atoms with Gasteiger partial charge in [0.25, 0.3) is 5.91 Å². The summed E-state index contributed by atoms with van der Waals surface area (Å²) in [6, 6.07) is 5.15. The highest BCUT2D eigenvalue weighted by Crippen LogP contribution is 2.26. The second kappa shape index (κ2) is 4.08. The molecule has 1 amide bonds. The topological polar surface area (TPSA) is 44.7 Å². The molecule has 0 saturated carbocycles. The van der Waals surface area contributed by atoms with Crippen LogP contribution >= 0.6 is 23.2 Å². The lowest BCUT2D eigenvalue weighted by atomic mass is 10.3. The average molecular weight is 244 g/mol. The first-order valence-electron chi connectivity index (χ1n) is 4.20. The van der Waals surface area contributed by atoms with Crippen LogP contribution in [-0.4, -0.2) is 18.8 Å². The van der Waals surface area contributed by atoms with Crippen molar-refractivity contribution in [1.29, 1.82) is 0 Å². The molecule has 6 heteroatoms. The molecule has 0 spiro atoms. The summed E-state index contributed by atoms with van der Waals surface area (Å²) in [4.78, 5) is 12.8. The van der Waals surface area contributed by atoms with Crippen LogP contribution in [-0.2, 0) is 4.79 Å². The summed E-state index contributed by atoms with van der Waals surface area (Å²) in [7, 11) is 0. The molecule has 4 nitrogen and oxygen atoms in total. The van der Waals surface area contributed by atoms with Gasteiger partial charge in [0.15, 0.2) is 0 Å². The van der Waals surface area contributed by atoms with E-state index in [4.69, 9.17) is 23.2 Å². The van der Waals surface area contributed by atoms with Crippen LogP contribution in [0.15, 0.2) is 23.3 Å². The van der Waals surface area contributed by atoms with Gasteiger partial charge in [-0.05, 0) is 18.2 Å². The van der Waals surface area contributed by atoms with Crippen molar-refractivity contribution in [3.8, 4) is 0 Å². The second-order valence-corrected chi connectivity index (χ2v) is 3.82. The van der Waals surface area contributed by atoms with Crippen molar-refractivity contribution in [3.05, 3.63) is 28.2 Å². The van der Waals surface area contributed by atoms with E-state index in [1.807, 2.05) is 0 Å². The monoisotopic (exact) mass is 243 g/mol. The molecule has 1 aromatic carbocycles. The number of hydrogen-bond acceptors (Lipinski definition) is 3. The molecular weight excluding hydrogens is 237 g/mol. The molecule has 0 bridgehead atoms. The highest BCUT2D eigenvalue weighted by Gasteiger charge is 2.14. The maximum Gasteiger partial charge on any atom is 0.260 e. The molecule has 0 fully saturated rings. The third-order valence-corrected chi connectivity index (χ3v) is 2.67. The molecule has 0 atom stereocenters. The SMILES string of the molecule is O=C1CN(c2ccc(Cl)c(Cl)c2)C=NN1. The molecule has 0 saturated heterocycles. The number of carbonyl (C=O) groups is 1. The molecule has 2 rings (SSSR count). The fourth-order valence-corrected chi connectivity index (χ4v) is 1.52. The summed E-state index contributed by atoms with van der Waals surface area (Å²) < 4.78 is 0. The van der Waals surface area contributed by atoms with E-state index in [0.29, 0.717) is 10.0 Å². The number of amides is 1. The van der Waals surface area contributed by atoms with E-state index in [2.05, 4.69) is 10.5 Å². The quantitative estimate of drug-likeness (QED) is 0.819. The number of nitrogens with one attached hydrogen (secondary N) is 1. The van der Waals surface area contributed by atoms with Gasteiger partial charge < -0.3 is 4.90 Å². The van der Waals surface area contributed by atoms with E-state index < -0.39 is 0 Å². The molecule has 78 valence electrons. The van der Waals surface area contributed by atoms with E-state index in [1.165, 1.54) is 6.34 Å². The molecule has 0 unspecified atom stereocenters. The first kappa shape index (κ1) is 10.3. The lowest BCUT2D eigenvalue weighted by molar-refractivity contribution is -0.119. The molecular formula is C9H7Cl2N3O. The molecule has 1 heterocycles. The van der Waals surface area contributed by atoms with Crippen LogP contribution in [0.2, 0.25) is 10.0 Å². The number of carbonyl (C=O) groups excluding carboxylic acids is 1. The van der Waals surface area contributed by atoms with Gasteiger partial charge in [0.05, 0.1) is 10.0 Å². The van der Waals surface area contributed by atoms with Gasteiger partial charge in [-0.1, -0.05) is 23.2 Å². The Labute approximate surface area is 96.5 Å². The molecule has 0 aromatic heterocycles. The Balaban J connectivity index is 2.29. The summed E-state index contributed by atoms with van der Waals surface area (Å²) in [5.41, 5.74) is 3.12. The van der Waals surface area contributed by atoms with Gasteiger partial charge in [-0.25, -0.2) is 5.43 Å². The maximum atomic E-state index is 11.1. The van der Waals surface area contributed by atoms with E-state index in [1.54, 1.807) is 23.1 Å². The Morgan fingerprint density at radius 1 is 1.33 bits per heavy atom. The van der Waals surface area contributed by atoms with Gasteiger partial charge in [-0.3, -0.25) is 4.79 Å².